The first-order valence-corrected chi connectivity index (χ1v) is 6.86. The third-order valence-electron chi connectivity index (χ3n) is 2.78. The molecule has 2 rings (SSSR count). The molecule has 0 radical (unpaired) electrons. The molecule has 17 heavy (non-hydrogen) atoms. The molecule has 0 aliphatic heterocycles. The number of hydrogen-bond acceptors (Lipinski definition) is 4. The second kappa shape index (κ2) is 5.49. The van der Waals surface area contributed by atoms with Crippen LogP contribution >= 0.6 is 11.8 Å². The van der Waals surface area contributed by atoms with E-state index in [0.29, 0.717) is 11.6 Å². The number of rotatable bonds is 4. The predicted molar refractivity (Wildman–Crippen MR) is 67.4 cm³/mol. The molecule has 1 fully saturated rings. The Labute approximate surface area is 104 Å². The van der Waals surface area contributed by atoms with Crippen LogP contribution in [0.15, 0.2) is 16.0 Å². The smallest absolute Gasteiger partial charge is 0.251 e. The van der Waals surface area contributed by atoms with Gasteiger partial charge in [-0.25, -0.2) is 4.98 Å². The van der Waals surface area contributed by atoms with Crippen molar-refractivity contribution in [2.24, 2.45) is 0 Å². The van der Waals surface area contributed by atoms with Crippen LogP contribution in [0.1, 0.15) is 38.3 Å². The number of aromatic amines is 1. The molecule has 0 aromatic carbocycles. The molecular weight excluding hydrogens is 236 g/mol. The lowest BCUT2D eigenvalue weighted by Crippen LogP contribution is -2.14. The van der Waals surface area contributed by atoms with Crippen molar-refractivity contribution >= 4 is 17.5 Å². The lowest BCUT2D eigenvalue weighted by Gasteiger charge is -2.07. The van der Waals surface area contributed by atoms with E-state index in [1.165, 1.54) is 17.8 Å². The number of Topliss-reactive ketones (excluding diaryl/α,β-unsaturated/α-hetero) is 1. The van der Waals surface area contributed by atoms with E-state index < -0.39 is 0 Å². The van der Waals surface area contributed by atoms with Gasteiger partial charge in [0.1, 0.15) is 5.78 Å². The first-order chi connectivity index (χ1) is 8.19. The molecule has 0 spiro atoms. The molecule has 1 atom stereocenters. The van der Waals surface area contributed by atoms with Gasteiger partial charge in [0.15, 0.2) is 5.16 Å². The van der Waals surface area contributed by atoms with Crippen LogP contribution in [0.4, 0.5) is 0 Å². The van der Waals surface area contributed by atoms with Gasteiger partial charge < -0.3 is 4.98 Å². The van der Waals surface area contributed by atoms with Gasteiger partial charge in [-0.1, -0.05) is 25.1 Å². The zero-order valence-corrected chi connectivity index (χ0v) is 10.7. The van der Waals surface area contributed by atoms with E-state index in [-0.39, 0.29) is 16.6 Å². The van der Waals surface area contributed by atoms with Crippen molar-refractivity contribution in [1.29, 1.82) is 0 Å². The van der Waals surface area contributed by atoms with Crippen LogP contribution in [-0.2, 0) is 11.2 Å². The van der Waals surface area contributed by atoms with Crippen LogP contribution in [0.25, 0.3) is 0 Å². The maximum Gasteiger partial charge on any atom is 0.251 e. The summed E-state index contributed by atoms with van der Waals surface area (Å²) in [5, 5.41) is 0.566. The van der Waals surface area contributed by atoms with Gasteiger partial charge in [0, 0.05) is 18.2 Å². The summed E-state index contributed by atoms with van der Waals surface area (Å²) >= 11 is 1.40. The number of ketones is 1. The van der Waals surface area contributed by atoms with Crippen molar-refractivity contribution in [2.75, 3.05) is 0 Å². The summed E-state index contributed by atoms with van der Waals surface area (Å²) in [4.78, 5) is 30.1. The Morgan fingerprint density at radius 3 is 3.00 bits per heavy atom. The topological polar surface area (TPSA) is 62.8 Å². The number of H-pyrrole nitrogens is 1. The van der Waals surface area contributed by atoms with Crippen molar-refractivity contribution in [3.63, 3.8) is 0 Å². The largest absolute Gasteiger partial charge is 0.301 e. The highest BCUT2D eigenvalue weighted by Crippen LogP contribution is 2.30. The Balaban J connectivity index is 2.14. The Bertz CT molecular complexity index is 470. The molecular formula is C12H16N2O2S. The molecule has 1 aromatic heterocycles. The number of nitrogens with zero attached hydrogens (tertiary/aromatic N) is 1. The number of nitrogens with one attached hydrogen (secondary N) is 1. The summed E-state index contributed by atoms with van der Waals surface area (Å²) in [7, 11) is 0. The number of aryl methyl sites for hydroxylation is 1. The van der Waals surface area contributed by atoms with Crippen molar-refractivity contribution in [1.82, 2.24) is 9.97 Å². The van der Waals surface area contributed by atoms with E-state index in [0.717, 1.165) is 31.4 Å². The summed E-state index contributed by atoms with van der Waals surface area (Å²) in [6.07, 6.45) is 4.27. The first-order valence-electron chi connectivity index (χ1n) is 5.98. The van der Waals surface area contributed by atoms with Crippen molar-refractivity contribution < 1.29 is 4.79 Å². The lowest BCUT2D eigenvalue weighted by molar-refractivity contribution is -0.116. The maximum atomic E-state index is 11.5. The molecule has 0 amide bonds. The molecule has 1 unspecified atom stereocenters. The Hall–Kier alpha value is -1.10. The van der Waals surface area contributed by atoms with E-state index in [1.807, 2.05) is 0 Å². The molecule has 0 bridgehead atoms. The van der Waals surface area contributed by atoms with Crippen LogP contribution in [0.3, 0.4) is 0 Å². The van der Waals surface area contributed by atoms with Gasteiger partial charge >= 0.3 is 0 Å². The predicted octanol–water partition coefficient (Wildman–Crippen LogP) is 1.94. The summed E-state index contributed by atoms with van der Waals surface area (Å²) in [6, 6.07) is 1.53. The molecule has 1 saturated carbocycles. The Kier molecular flexibility index (Phi) is 3.99. The van der Waals surface area contributed by atoms with E-state index in [9.17, 15) is 9.59 Å². The molecule has 1 aliphatic carbocycles. The van der Waals surface area contributed by atoms with Crippen LogP contribution in [-0.4, -0.2) is 21.0 Å². The quantitative estimate of drug-likeness (QED) is 0.832. The number of carbonyl (C=O) groups excluding carboxylic acids is 1. The van der Waals surface area contributed by atoms with Gasteiger partial charge in [0.05, 0.1) is 5.25 Å². The third kappa shape index (κ3) is 3.19. The molecule has 1 heterocycles. The normalized spacial score (nSPS) is 19.8. The molecule has 0 saturated heterocycles. The van der Waals surface area contributed by atoms with Crippen molar-refractivity contribution in [2.45, 2.75) is 49.4 Å². The van der Waals surface area contributed by atoms with E-state index in [4.69, 9.17) is 0 Å². The molecule has 92 valence electrons. The second-order valence-corrected chi connectivity index (χ2v) is 5.45. The summed E-state index contributed by atoms with van der Waals surface area (Å²) in [5.74, 6) is 0.276. The van der Waals surface area contributed by atoms with Gasteiger partial charge in [-0.15, -0.1) is 0 Å². The molecule has 1 aromatic rings. The standard InChI is InChI=1S/C12H16N2O2S/c1-2-4-8-7-11(16)14-12(13-8)17-10-6-3-5-9(10)15/h7,10H,2-6H2,1H3,(H,13,14,16). The van der Waals surface area contributed by atoms with Gasteiger partial charge in [-0.2, -0.15) is 0 Å². The van der Waals surface area contributed by atoms with Gasteiger partial charge in [0.2, 0.25) is 0 Å². The lowest BCUT2D eigenvalue weighted by atomic mass is 10.2. The maximum absolute atomic E-state index is 11.5. The summed E-state index contributed by atoms with van der Waals surface area (Å²) in [6.45, 7) is 2.05. The van der Waals surface area contributed by atoms with Crippen LogP contribution in [0.5, 0.6) is 0 Å². The summed E-state index contributed by atoms with van der Waals surface area (Å²) < 4.78 is 0. The van der Waals surface area contributed by atoms with Gasteiger partial charge in [0.25, 0.3) is 5.56 Å². The second-order valence-electron chi connectivity index (χ2n) is 4.26. The highest BCUT2D eigenvalue weighted by molar-refractivity contribution is 8.00. The fourth-order valence-electron chi connectivity index (χ4n) is 1.97. The van der Waals surface area contributed by atoms with Gasteiger partial charge in [-0.05, 0) is 19.3 Å². The molecule has 5 heteroatoms. The monoisotopic (exact) mass is 252 g/mol. The van der Waals surface area contributed by atoms with E-state index in [2.05, 4.69) is 16.9 Å². The fourth-order valence-corrected chi connectivity index (χ4v) is 3.10. The number of thioether (sulfide) groups is 1. The van der Waals surface area contributed by atoms with Crippen LogP contribution < -0.4 is 5.56 Å². The highest BCUT2D eigenvalue weighted by atomic mass is 32.2. The molecule has 1 N–H and O–H groups in total. The van der Waals surface area contributed by atoms with Crippen molar-refractivity contribution in [3.05, 3.63) is 22.1 Å². The van der Waals surface area contributed by atoms with Crippen LogP contribution in [0.2, 0.25) is 0 Å². The van der Waals surface area contributed by atoms with Gasteiger partial charge in [-0.3, -0.25) is 9.59 Å². The minimum Gasteiger partial charge on any atom is -0.301 e. The zero-order chi connectivity index (χ0) is 12.3. The summed E-state index contributed by atoms with van der Waals surface area (Å²) in [5.41, 5.74) is 0.681. The zero-order valence-electron chi connectivity index (χ0n) is 9.86. The average Bonchev–Trinajstić information content (AvgIpc) is 2.64. The Morgan fingerprint density at radius 1 is 1.53 bits per heavy atom. The number of hydrogen-bond donors (Lipinski definition) is 1. The highest BCUT2D eigenvalue weighted by Gasteiger charge is 2.26. The first kappa shape index (κ1) is 12.4. The third-order valence-corrected chi connectivity index (χ3v) is 3.98. The van der Waals surface area contributed by atoms with E-state index >= 15 is 0 Å². The van der Waals surface area contributed by atoms with E-state index in [1.54, 1.807) is 0 Å². The fraction of sp³-hybridized carbons (Fsp3) is 0.583. The van der Waals surface area contributed by atoms with Crippen LogP contribution in [0, 0.1) is 0 Å². The minimum atomic E-state index is -0.128. The number of carbonyl (C=O) groups is 1. The molecule has 4 nitrogen and oxygen atoms in total. The van der Waals surface area contributed by atoms with Crippen molar-refractivity contribution in [3.8, 4) is 0 Å². The Morgan fingerprint density at radius 2 is 2.35 bits per heavy atom. The molecule has 1 aliphatic rings. The number of aromatic nitrogens is 2. The SMILES string of the molecule is CCCc1cc(=O)[nH]c(SC2CCCC2=O)n1. The average molecular weight is 252 g/mol. The minimum absolute atomic E-state index is 0.0185.